The Hall–Kier alpha value is -3.04. The lowest BCUT2D eigenvalue weighted by molar-refractivity contribution is 0.0720. The Labute approximate surface area is 187 Å². The van der Waals surface area contributed by atoms with Gasteiger partial charge in [-0.2, -0.15) is 0 Å². The number of hydrogen-bond donors (Lipinski definition) is 1. The molecule has 3 aromatic heterocycles. The number of fused-ring (bicyclic) bond motifs is 1. The third-order valence-electron chi connectivity index (χ3n) is 5.49. The predicted molar refractivity (Wildman–Crippen MR) is 122 cm³/mol. The van der Waals surface area contributed by atoms with Crippen molar-refractivity contribution in [1.29, 1.82) is 0 Å². The molecule has 31 heavy (non-hydrogen) atoms. The van der Waals surface area contributed by atoms with Crippen molar-refractivity contribution in [3.05, 3.63) is 64.5 Å². The molecule has 0 aliphatic carbocycles. The number of imidazole rings is 1. The second-order valence-corrected chi connectivity index (χ2v) is 9.56. The first-order valence-electron chi connectivity index (χ1n) is 10.1. The molecule has 0 radical (unpaired) electrons. The number of hydrogen-bond acceptors (Lipinski definition) is 6. The maximum absolute atomic E-state index is 13.4. The Morgan fingerprint density at radius 3 is 2.94 bits per heavy atom. The number of amides is 2. The third-order valence-corrected chi connectivity index (χ3v) is 7.28. The molecular formula is C22H21N5O2S2. The number of rotatable bonds is 5. The van der Waals surface area contributed by atoms with E-state index in [9.17, 15) is 9.59 Å². The van der Waals surface area contributed by atoms with Crippen molar-refractivity contribution in [2.75, 3.05) is 13.1 Å². The number of likely N-dealkylation sites (tertiary alicyclic amines) is 1. The molecule has 1 N–H and O–H groups in total. The highest BCUT2D eigenvalue weighted by molar-refractivity contribution is 7.15. The minimum atomic E-state index is -0.181. The molecule has 1 atom stereocenters. The van der Waals surface area contributed by atoms with Gasteiger partial charge in [-0.05, 0) is 25.3 Å². The summed E-state index contributed by atoms with van der Waals surface area (Å²) >= 11 is 3.02. The third kappa shape index (κ3) is 3.75. The van der Waals surface area contributed by atoms with E-state index in [1.807, 2.05) is 53.7 Å². The summed E-state index contributed by atoms with van der Waals surface area (Å²) in [5.74, 6) is -0.246. The Morgan fingerprint density at radius 2 is 2.10 bits per heavy atom. The molecule has 1 aliphatic rings. The van der Waals surface area contributed by atoms with Gasteiger partial charge >= 0.3 is 0 Å². The maximum atomic E-state index is 13.4. The van der Waals surface area contributed by atoms with Gasteiger partial charge in [0.05, 0.1) is 16.1 Å². The average Bonchev–Trinajstić information content (AvgIpc) is 3.55. The number of nitrogens with one attached hydrogen (secondary N) is 1. The summed E-state index contributed by atoms with van der Waals surface area (Å²) in [4.78, 5) is 38.5. The number of aromatic nitrogens is 3. The van der Waals surface area contributed by atoms with Crippen LogP contribution in [0.1, 0.15) is 38.8 Å². The summed E-state index contributed by atoms with van der Waals surface area (Å²) in [5.41, 5.74) is 2.01. The van der Waals surface area contributed by atoms with E-state index in [0.717, 1.165) is 33.3 Å². The fraction of sp³-hybridized carbons (Fsp3) is 0.273. The van der Waals surface area contributed by atoms with Crippen molar-refractivity contribution in [2.24, 2.45) is 0 Å². The number of carbonyl (C=O) groups is 2. The summed E-state index contributed by atoms with van der Waals surface area (Å²) in [7, 11) is 0. The van der Waals surface area contributed by atoms with Crippen LogP contribution >= 0.6 is 22.7 Å². The van der Waals surface area contributed by atoms with E-state index in [1.165, 1.54) is 22.7 Å². The van der Waals surface area contributed by atoms with Crippen LogP contribution in [0.5, 0.6) is 0 Å². The molecule has 0 saturated carbocycles. The highest BCUT2D eigenvalue weighted by Crippen LogP contribution is 2.32. The second kappa shape index (κ2) is 8.24. The monoisotopic (exact) mass is 451 g/mol. The van der Waals surface area contributed by atoms with E-state index in [1.54, 1.807) is 10.6 Å². The number of carbonyl (C=O) groups excluding carboxylic acids is 2. The SMILES string of the molecule is Cc1nc(C(=O)N2CCC[C@H]2CNC(=O)c2cnc3sccn23)c(-c2ccccc2)s1. The topological polar surface area (TPSA) is 79.6 Å². The lowest BCUT2D eigenvalue weighted by Gasteiger charge is -2.24. The molecule has 4 aromatic rings. The summed E-state index contributed by atoms with van der Waals surface area (Å²) in [6, 6.07) is 9.85. The summed E-state index contributed by atoms with van der Waals surface area (Å²) in [6.07, 6.45) is 5.19. The molecule has 0 spiro atoms. The molecule has 9 heteroatoms. The van der Waals surface area contributed by atoms with Crippen LogP contribution in [0.15, 0.2) is 48.1 Å². The molecule has 0 unspecified atom stereocenters. The molecule has 2 amide bonds. The Morgan fingerprint density at radius 1 is 1.26 bits per heavy atom. The van der Waals surface area contributed by atoms with Gasteiger partial charge in [-0.25, -0.2) is 9.97 Å². The highest BCUT2D eigenvalue weighted by atomic mass is 32.1. The van der Waals surface area contributed by atoms with Crippen LogP contribution in [-0.4, -0.2) is 50.2 Å². The fourth-order valence-corrected chi connectivity index (χ4v) is 5.61. The van der Waals surface area contributed by atoms with Crippen molar-refractivity contribution >= 4 is 39.4 Å². The zero-order chi connectivity index (χ0) is 21.4. The van der Waals surface area contributed by atoms with E-state index in [0.29, 0.717) is 24.5 Å². The van der Waals surface area contributed by atoms with Gasteiger partial charge in [0.2, 0.25) is 0 Å². The van der Waals surface area contributed by atoms with Gasteiger partial charge in [-0.1, -0.05) is 30.3 Å². The number of thiazole rings is 2. The largest absolute Gasteiger partial charge is 0.349 e. The van der Waals surface area contributed by atoms with Crippen LogP contribution in [-0.2, 0) is 0 Å². The Balaban J connectivity index is 1.32. The minimum absolute atomic E-state index is 0.0482. The van der Waals surface area contributed by atoms with Gasteiger partial charge < -0.3 is 10.2 Å². The molecule has 1 aromatic carbocycles. The van der Waals surface area contributed by atoms with Crippen molar-refractivity contribution in [1.82, 2.24) is 24.6 Å². The first-order chi connectivity index (χ1) is 15.1. The summed E-state index contributed by atoms with van der Waals surface area (Å²) in [5, 5.41) is 5.76. The van der Waals surface area contributed by atoms with Crippen molar-refractivity contribution in [2.45, 2.75) is 25.8 Å². The molecule has 5 rings (SSSR count). The minimum Gasteiger partial charge on any atom is -0.349 e. The average molecular weight is 452 g/mol. The first-order valence-corrected chi connectivity index (χ1v) is 11.8. The quantitative estimate of drug-likeness (QED) is 0.500. The van der Waals surface area contributed by atoms with E-state index in [-0.39, 0.29) is 17.9 Å². The van der Waals surface area contributed by atoms with Crippen LogP contribution < -0.4 is 5.32 Å². The van der Waals surface area contributed by atoms with Gasteiger partial charge in [0.1, 0.15) is 11.4 Å². The maximum Gasteiger partial charge on any atom is 0.274 e. The van der Waals surface area contributed by atoms with Gasteiger partial charge in [0.15, 0.2) is 4.96 Å². The van der Waals surface area contributed by atoms with E-state index in [4.69, 9.17) is 0 Å². The van der Waals surface area contributed by atoms with Gasteiger partial charge in [0, 0.05) is 30.7 Å². The molecule has 1 aliphatic heterocycles. The van der Waals surface area contributed by atoms with Gasteiger partial charge in [0.25, 0.3) is 11.8 Å². The first kappa shape index (κ1) is 19.9. The van der Waals surface area contributed by atoms with Crippen LogP contribution in [0.4, 0.5) is 0 Å². The Bertz CT molecular complexity index is 1240. The van der Waals surface area contributed by atoms with Gasteiger partial charge in [-0.3, -0.25) is 14.0 Å². The van der Waals surface area contributed by atoms with Crippen LogP contribution in [0.3, 0.4) is 0 Å². The molecule has 0 bridgehead atoms. The van der Waals surface area contributed by atoms with E-state index >= 15 is 0 Å². The summed E-state index contributed by atoms with van der Waals surface area (Å²) in [6.45, 7) is 3.00. The van der Waals surface area contributed by atoms with Crippen LogP contribution in [0.25, 0.3) is 15.4 Å². The molecule has 1 saturated heterocycles. The number of aryl methyl sites for hydroxylation is 1. The number of benzene rings is 1. The molecule has 158 valence electrons. The molecular weight excluding hydrogens is 430 g/mol. The second-order valence-electron chi connectivity index (χ2n) is 7.48. The fourth-order valence-electron chi connectivity index (χ4n) is 4.00. The lowest BCUT2D eigenvalue weighted by Crippen LogP contribution is -2.43. The molecule has 4 heterocycles. The van der Waals surface area contributed by atoms with Crippen molar-refractivity contribution < 1.29 is 9.59 Å². The summed E-state index contributed by atoms with van der Waals surface area (Å²) < 4.78 is 1.78. The van der Waals surface area contributed by atoms with Crippen LogP contribution in [0.2, 0.25) is 0 Å². The lowest BCUT2D eigenvalue weighted by atomic mass is 10.1. The standard InChI is InChI=1S/C22H21N5O2S2/c1-14-25-18(19(31-14)15-6-3-2-4-7-15)21(29)26-9-5-8-16(26)12-23-20(28)17-13-24-22-27(17)10-11-30-22/h2-4,6-7,10-11,13,16H,5,8-9,12H2,1H3,(H,23,28)/t16-/m0/s1. The van der Waals surface area contributed by atoms with Crippen LogP contribution in [0, 0.1) is 6.92 Å². The zero-order valence-corrected chi connectivity index (χ0v) is 18.6. The van der Waals surface area contributed by atoms with Crippen molar-refractivity contribution in [3.8, 4) is 10.4 Å². The molecule has 1 fully saturated rings. The Kier molecular flexibility index (Phi) is 5.29. The normalized spacial score (nSPS) is 16.2. The zero-order valence-electron chi connectivity index (χ0n) is 16.9. The smallest absolute Gasteiger partial charge is 0.274 e. The highest BCUT2D eigenvalue weighted by Gasteiger charge is 2.32. The van der Waals surface area contributed by atoms with Gasteiger partial charge in [-0.15, -0.1) is 22.7 Å². The van der Waals surface area contributed by atoms with E-state index < -0.39 is 0 Å². The van der Waals surface area contributed by atoms with E-state index in [2.05, 4.69) is 15.3 Å². The van der Waals surface area contributed by atoms with Crippen molar-refractivity contribution in [3.63, 3.8) is 0 Å². The predicted octanol–water partition coefficient (Wildman–Crippen LogP) is 3.86. The molecule has 7 nitrogen and oxygen atoms in total. The number of nitrogens with zero attached hydrogens (tertiary/aromatic N) is 4.